The molecule has 3 unspecified atom stereocenters. The van der Waals surface area contributed by atoms with Crippen molar-refractivity contribution < 1.29 is 0 Å². The summed E-state index contributed by atoms with van der Waals surface area (Å²) in [7, 11) is 0. The Kier molecular flexibility index (Phi) is 16.2. The van der Waals surface area contributed by atoms with E-state index in [1.807, 2.05) is 22.7 Å². The minimum absolute atomic E-state index is 0.147. The number of benzene rings is 2. The first kappa shape index (κ1) is 46.6. The summed E-state index contributed by atoms with van der Waals surface area (Å²) in [6, 6.07) is 22.6. The van der Waals surface area contributed by atoms with Gasteiger partial charge in [-0.15, -0.1) is 34.0 Å². The van der Waals surface area contributed by atoms with Crippen LogP contribution in [0.2, 0.25) is 0 Å². The van der Waals surface area contributed by atoms with Gasteiger partial charge in [0.25, 0.3) is 0 Å². The number of rotatable bonds is 24. The van der Waals surface area contributed by atoms with Crippen LogP contribution in [0.5, 0.6) is 0 Å². The standard InChI is InChI=1S/C57H72O2S3/c1-9-14-16-17-18-19-22-37(8)31-41-33-43-42(45-35-46(57(59)55(41)45)50-26-24-49(60-50)39(21-12-4)23-15-10-2)32-40(30-36(6)7)54-44(43)34-47(56(54)58)51-27-29-53(62-51)52-28-25-48(61-52)38(13-5)20-11-3/h24-29,32-39H,9-23,30-31H2,1-8H3. The minimum Gasteiger partial charge on any atom is -0.289 e. The first-order chi connectivity index (χ1) is 30.1. The molecule has 330 valence electrons. The number of hydrogen-bond acceptors (Lipinski definition) is 5. The van der Waals surface area contributed by atoms with E-state index in [9.17, 15) is 9.59 Å². The van der Waals surface area contributed by atoms with Gasteiger partial charge in [-0.25, -0.2) is 0 Å². The van der Waals surface area contributed by atoms with E-state index < -0.39 is 0 Å². The lowest BCUT2D eigenvalue weighted by molar-refractivity contribution is 0.482. The summed E-state index contributed by atoms with van der Waals surface area (Å²) in [6.45, 7) is 18.3. The highest BCUT2D eigenvalue weighted by molar-refractivity contribution is 7.24. The predicted molar refractivity (Wildman–Crippen MR) is 278 cm³/mol. The molecular weight excluding hydrogens is 813 g/mol. The Morgan fingerprint density at radius 3 is 1.56 bits per heavy atom. The zero-order valence-electron chi connectivity index (χ0n) is 39.1. The Morgan fingerprint density at radius 2 is 0.952 bits per heavy atom. The number of fused-ring (bicyclic) bond motifs is 5. The molecular formula is C57H72O2S3. The first-order valence-corrected chi connectivity index (χ1v) is 27.0. The highest BCUT2D eigenvalue weighted by Gasteiger charge is 2.25. The summed E-state index contributed by atoms with van der Waals surface area (Å²) in [6.07, 6.45) is 20.2. The quantitative estimate of drug-likeness (QED) is 0.0567. The highest BCUT2D eigenvalue weighted by Crippen LogP contribution is 2.44. The molecule has 3 aromatic heterocycles. The van der Waals surface area contributed by atoms with Crippen LogP contribution in [0.4, 0.5) is 0 Å². The summed E-state index contributed by atoms with van der Waals surface area (Å²) < 4.78 is 0. The van der Waals surface area contributed by atoms with Crippen LogP contribution in [0.1, 0.15) is 184 Å². The summed E-state index contributed by atoms with van der Waals surface area (Å²) in [5.41, 5.74) is 4.24. The maximum absolute atomic E-state index is 14.9. The maximum atomic E-state index is 14.9. The Labute approximate surface area is 384 Å². The molecule has 2 nitrogen and oxygen atoms in total. The molecule has 4 aromatic carbocycles. The van der Waals surface area contributed by atoms with Gasteiger partial charge in [-0.05, 0) is 156 Å². The maximum Gasteiger partial charge on any atom is 0.195 e. The summed E-state index contributed by atoms with van der Waals surface area (Å²) >= 11 is 5.51. The van der Waals surface area contributed by atoms with E-state index in [4.69, 9.17) is 0 Å². The molecule has 7 aromatic rings. The SMILES string of the molecule is CCCCCCCCC(C)Cc1cc2c3cc(-c4ccc(-c5ccc(C(CC)CCC)s5)s4)c(=O)c3c(CC(C)C)cc2c2cc(-c3ccc(C(CCC)CCCC)s3)c(=O)c12. The third-order valence-corrected chi connectivity index (χ3v) is 17.4. The number of thiophene rings is 3. The van der Waals surface area contributed by atoms with Crippen molar-refractivity contribution in [3.63, 3.8) is 0 Å². The molecule has 0 N–H and O–H groups in total. The summed E-state index contributed by atoms with van der Waals surface area (Å²) in [5, 5.41) is 6.14. The monoisotopic (exact) mass is 884 g/mol. The Balaban J connectivity index is 1.36. The Hall–Kier alpha value is -3.38. The fourth-order valence-electron chi connectivity index (χ4n) is 10.3. The Morgan fingerprint density at radius 1 is 0.452 bits per heavy atom. The van der Waals surface area contributed by atoms with Gasteiger partial charge in [-0.2, -0.15) is 0 Å². The van der Waals surface area contributed by atoms with Crippen LogP contribution in [0.25, 0.3) is 63.0 Å². The molecule has 0 aliphatic rings. The van der Waals surface area contributed by atoms with Crippen molar-refractivity contribution in [3.8, 4) is 30.6 Å². The van der Waals surface area contributed by atoms with E-state index in [1.165, 1.54) is 103 Å². The Bertz CT molecular complexity index is 2640. The second kappa shape index (κ2) is 21.5. The second-order valence-electron chi connectivity index (χ2n) is 19.1. The van der Waals surface area contributed by atoms with Crippen molar-refractivity contribution in [1.82, 2.24) is 0 Å². The average Bonchev–Trinajstić information content (AvgIpc) is 4.11. The van der Waals surface area contributed by atoms with E-state index in [1.54, 1.807) is 11.3 Å². The second-order valence-corrected chi connectivity index (χ2v) is 22.4. The molecule has 0 radical (unpaired) electrons. The van der Waals surface area contributed by atoms with Gasteiger partial charge in [0.1, 0.15) is 0 Å². The molecule has 0 aliphatic heterocycles. The molecule has 62 heavy (non-hydrogen) atoms. The third-order valence-electron chi connectivity index (χ3n) is 13.6. The normalized spacial score (nSPS) is 13.7. The molecule has 0 spiro atoms. The molecule has 3 heterocycles. The summed E-state index contributed by atoms with van der Waals surface area (Å²) in [4.78, 5) is 37.3. The predicted octanol–water partition coefficient (Wildman–Crippen LogP) is 18.4. The van der Waals surface area contributed by atoms with Crippen molar-refractivity contribution in [2.24, 2.45) is 11.8 Å². The van der Waals surface area contributed by atoms with Crippen LogP contribution in [0.15, 0.2) is 70.3 Å². The number of unbranched alkanes of at least 4 members (excludes halogenated alkanes) is 6. The van der Waals surface area contributed by atoms with Gasteiger partial charge in [0.05, 0.1) is 0 Å². The van der Waals surface area contributed by atoms with Gasteiger partial charge in [-0.3, -0.25) is 9.59 Å². The zero-order valence-corrected chi connectivity index (χ0v) is 41.6. The highest BCUT2D eigenvalue weighted by atomic mass is 32.1. The van der Waals surface area contributed by atoms with Crippen LogP contribution in [0, 0.1) is 11.8 Å². The van der Waals surface area contributed by atoms with E-state index in [0.717, 1.165) is 90.0 Å². The molecule has 0 saturated heterocycles. The minimum atomic E-state index is 0.147. The molecule has 3 atom stereocenters. The number of hydrogen-bond donors (Lipinski definition) is 0. The van der Waals surface area contributed by atoms with Crippen LogP contribution in [-0.2, 0) is 12.8 Å². The van der Waals surface area contributed by atoms with Gasteiger partial charge in [0.2, 0.25) is 0 Å². The molecule has 0 fully saturated rings. The molecule has 0 amide bonds. The van der Waals surface area contributed by atoms with Crippen molar-refractivity contribution in [2.75, 3.05) is 0 Å². The molecule has 0 aliphatic carbocycles. The van der Waals surface area contributed by atoms with Gasteiger partial charge in [0.15, 0.2) is 10.9 Å². The lowest BCUT2D eigenvalue weighted by Gasteiger charge is -2.15. The van der Waals surface area contributed by atoms with E-state index in [2.05, 4.69) is 116 Å². The summed E-state index contributed by atoms with van der Waals surface area (Å²) in [5.74, 6) is 2.00. The van der Waals surface area contributed by atoms with Crippen LogP contribution in [0.3, 0.4) is 0 Å². The fraction of sp³-hybridized carbons (Fsp3) is 0.509. The van der Waals surface area contributed by atoms with Crippen LogP contribution in [-0.4, -0.2) is 0 Å². The van der Waals surface area contributed by atoms with Crippen molar-refractivity contribution >= 4 is 66.3 Å². The zero-order chi connectivity index (χ0) is 43.9. The van der Waals surface area contributed by atoms with Gasteiger partial charge in [0, 0.05) is 51.2 Å². The topological polar surface area (TPSA) is 34.1 Å². The van der Waals surface area contributed by atoms with Crippen molar-refractivity contribution in [1.29, 1.82) is 0 Å². The van der Waals surface area contributed by atoms with E-state index in [0.29, 0.717) is 23.7 Å². The third kappa shape index (κ3) is 10.1. The van der Waals surface area contributed by atoms with Crippen LogP contribution >= 0.6 is 34.0 Å². The smallest absolute Gasteiger partial charge is 0.195 e. The van der Waals surface area contributed by atoms with E-state index in [-0.39, 0.29) is 10.9 Å². The molecule has 7 rings (SSSR count). The van der Waals surface area contributed by atoms with Gasteiger partial charge >= 0.3 is 0 Å². The van der Waals surface area contributed by atoms with Gasteiger partial charge < -0.3 is 0 Å². The molecule has 0 saturated carbocycles. The van der Waals surface area contributed by atoms with E-state index >= 15 is 0 Å². The molecule has 5 heteroatoms. The largest absolute Gasteiger partial charge is 0.289 e. The first-order valence-electron chi connectivity index (χ1n) is 24.6. The van der Waals surface area contributed by atoms with Crippen molar-refractivity contribution in [3.05, 3.63) is 102 Å². The van der Waals surface area contributed by atoms with Crippen LogP contribution < -0.4 is 10.9 Å². The lowest BCUT2D eigenvalue weighted by atomic mass is 9.88. The van der Waals surface area contributed by atoms with Gasteiger partial charge in [-0.1, -0.05) is 126 Å². The van der Waals surface area contributed by atoms with Crippen molar-refractivity contribution in [2.45, 2.75) is 176 Å². The fourth-order valence-corrected chi connectivity index (χ4v) is 13.8. The lowest BCUT2D eigenvalue weighted by Crippen LogP contribution is -2.06. The molecule has 0 bridgehead atoms. The average molecular weight is 885 g/mol.